The number of hydrogen-bond acceptors (Lipinski definition) is 5. The second kappa shape index (κ2) is 5.51. The molecule has 0 unspecified atom stereocenters. The zero-order valence-electron chi connectivity index (χ0n) is 11.5. The standard InChI is InChI=1S/C14H19N3O3/c1-2-3-5-14(15-16-14)6-4-13(18)17-11-7-19-9-12(17)10-20-8-11/h1,11-12H,3-10H2. The number of amides is 1. The molecule has 0 saturated carbocycles. The molecule has 2 fully saturated rings. The van der Waals surface area contributed by atoms with Gasteiger partial charge in [0, 0.05) is 25.7 Å². The van der Waals surface area contributed by atoms with Gasteiger partial charge in [-0.1, -0.05) is 0 Å². The van der Waals surface area contributed by atoms with Crippen LogP contribution in [0.1, 0.15) is 25.7 Å². The van der Waals surface area contributed by atoms with Gasteiger partial charge in [-0.05, 0) is 0 Å². The molecule has 3 aliphatic rings. The van der Waals surface area contributed by atoms with Gasteiger partial charge in [-0.15, -0.1) is 12.3 Å². The third-order valence-corrected chi connectivity index (χ3v) is 4.11. The summed E-state index contributed by atoms with van der Waals surface area (Å²) in [6.45, 7) is 2.27. The average molecular weight is 277 g/mol. The number of carbonyl (C=O) groups excluding carboxylic acids is 1. The van der Waals surface area contributed by atoms with Gasteiger partial charge in [0.2, 0.25) is 5.91 Å². The minimum absolute atomic E-state index is 0.0599. The monoisotopic (exact) mass is 277 g/mol. The van der Waals surface area contributed by atoms with Crippen LogP contribution in [0.15, 0.2) is 10.2 Å². The summed E-state index contributed by atoms with van der Waals surface area (Å²) < 4.78 is 11.0. The molecule has 6 nitrogen and oxygen atoms in total. The van der Waals surface area contributed by atoms with Crippen molar-refractivity contribution < 1.29 is 14.3 Å². The molecule has 3 rings (SSSR count). The molecular formula is C14H19N3O3. The Morgan fingerprint density at radius 1 is 1.20 bits per heavy atom. The molecule has 6 heteroatoms. The molecule has 2 bridgehead atoms. The fraction of sp³-hybridized carbons (Fsp3) is 0.786. The zero-order valence-corrected chi connectivity index (χ0v) is 11.5. The van der Waals surface area contributed by atoms with Crippen molar-refractivity contribution in [2.75, 3.05) is 26.4 Å². The van der Waals surface area contributed by atoms with Crippen LogP contribution >= 0.6 is 0 Å². The van der Waals surface area contributed by atoms with Gasteiger partial charge in [-0.3, -0.25) is 4.79 Å². The molecule has 0 N–H and O–H groups in total. The van der Waals surface area contributed by atoms with E-state index in [0.29, 0.717) is 45.7 Å². The van der Waals surface area contributed by atoms with Crippen molar-refractivity contribution in [2.24, 2.45) is 10.2 Å². The van der Waals surface area contributed by atoms with Gasteiger partial charge in [0.1, 0.15) is 0 Å². The van der Waals surface area contributed by atoms with Gasteiger partial charge < -0.3 is 14.4 Å². The molecule has 0 radical (unpaired) electrons. The number of carbonyl (C=O) groups is 1. The van der Waals surface area contributed by atoms with E-state index in [0.717, 1.165) is 6.42 Å². The molecular weight excluding hydrogens is 258 g/mol. The highest BCUT2D eigenvalue weighted by Crippen LogP contribution is 2.38. The van der Waals surface area contributed by atoms with Crippen LogP contribution in [0.2, 0.25) is 0 Å². The van der Waals surface area contributed by atoms with Crippen molar-refractivity contribution in [2.45, 2.75) is 43.4 Å². The lowest BCUT2D eigenvalue weighted by Crippen LogP contribution is -2.61. The third-order valence-electron chi connectivity index (χ3n) is 4.11. The normalized spacial score (nSPS) is 29.9. The molecule has 0 aliphatic carbocycles. The first-order valence-electron chi connectivity index (χ1n) is 7.08. The van der Waals surface area contributed by atoms with Crippen molar-refractivity contribution in [3.05, 3.63) is 0 Å². The zero-order chi connectivity index (χ0) is 14.0. The first-order chi connectivity index (χ1) is 9.74. The van der Waals surface area contributed by atoms with Gasteiger partial charge in [0.15, 0.2) is 5.66 Å². The third kappa shape index (κ3) is 2.69. The first-order valence-corrected chi connectivity index (χ1v) is 7.08. The maximum absolute atomic E-state index is 12.5. The maximum Gasteiger partial charge on any atom is 0.223 e. The summed E-state index contributed by atoms with van der Waals surface area (Å²) in [6, 6.07) is 0.120. The Hall–Kier alpha value is -1.45. The van der Waals surface area contributed by atoms with E-state index in [4.69, 9.17) is 15.9 Å². The second-order valence-corrected chi connectivity index (χ2v) is 5.57. The number of ether oxygens (including phenoxy) is 2. The smallest absolute Gasteiger partial charge is 0.223 e. The maximum atomic E-state index is 12.5. The number of rotatable bonds is 5. The predicted octanol–water partition coefficient (Wildman–Crippen LogP) is 0.968. The highest BCUT2D eigenvalue weighted by atomic mass is 16.5. The van der Waals surface area contributed by atoms with Gasteiger partial charge in [-0.25, -0.2) is 0 Å². The minimum atomic E-state index is -0.375. The fourth-order valence-corrected chi connectivity index (χ4v) is 2.91. The van der Waals surface area contributed by atoms with Crippen LogP contribution in [0.3, 0.4) is 0 Å². The van der Waals surface area contributed by atoms with Crippen molar-refractivity contribution >= 4 is 5.91 Å². The SMILES string of the molecule is C#CCCC1(CCC(=O)N2C3COCC2COC3)N=N1. The molecule has 3 aliphatic heterocycles. The molecule has 0 aromatic carbocycles. The molecule has 3 heterocycles. The Labute approximate surface area is 118 Å². The molecule has 20 heavy (non-hydrogen) atoms. The van der Waals surface area contributed by atoms with Gasteiger partial charge >= 0.3 is 0 Å². The van der Waals surface area contributed by atoms with E-state index in [2.05, 4.69) is 16.1 Å². The first kappa shape index (κ1) is 13.5. The summed E-state index contributed by atoms with van der Waals surface area (Å²) in [6.07, 6.45) is 7.78. The van der Waals surface area contributed by atoms with Crippen LogP contribution in [-0.2, 0) is 14.3 Å². The fourth-order valence-electron chi connectivity index (χ4n) is 2.91. The Morgan fingerprint density at radius 2 is 1.80 bits per heavy atom. The summed E-state index contributed by atoms with van der Waals surface area (Å²) in [5.41, 5.74) is -0.375. The lowest BCUT2D eigenvalue weighted by atomic mass is 10.0. The number of hydrogen-bond donors (Lipinski definition) is 0. The van der Waals surface area contributed by atoms with Crippen molar-refractivity contribution in [1.82, 2.24) is 4.90 Å². The van der Waals surface area contributed by atoms with Crippen LogP contribution in [0.25, 0.3) is 0 Å². The largest absolute Gasteiger partial charge is 0.377 e. The van der Waals surface area contributed by atoms with Gasteiger partial charge in [0.05, 0.1) is 38.5 Å². The number of nitrogens with zero attached hydrogens (tertiary/aromatic N) is 3. The predicted molar refractivity (Wildman–Crippen MR) is 70.9 cm³/mol. The summed E-state index contributed by atoms with van der Waals surface area (Å²) in [4.78, 5) is 14.4. The summed E-state index contributed by atoms with van der Waals surface area (Å²) >= 11 is 0. The van der Waals surface area contributed by atoms with E-state index in [1.165, 1.54) is 0 Å². The van der Waals surface area contributed by atoms with E-state index in [1.54, 1.807) is 0 Å². The number of morpholine rings is 2. The van der Waals surface area contributed by atoms with E-state index < -0.39 is 0 Å². The lowest BCUT2D eigenvalue weighted by molar-refractivity contribution is -0.168. The number of fused-ring (bicyclic) bond motifs is 2. The Morgan fingerprint density at radius 3 is 2.30 bits per heavy atom. The topological polar surface area (TPSA) is 63.5 Å². The van der Waals surface area contributed by atoms with Gasteiger partial charge in [0.25, 0.3) is 0 Å². The molecule has 0 aromatic rings. The minimum Gasteiger partial charge on any atom is -0.377 e. The molecule has 0 spiro atoms. The van der Waals surface area contributed by atoms with Crippen LogP contribution in [0.4, 0.5) is 0 Å². The van der Waals surface area contributed by atoms with Crippen molar-refractivity contribution in [1.29, 1.82) is 0 Å². The average Bonchev–Trinajstić information content (AvgIpc) is 3.22. The Kier molecular flexibility index (Phi) is 3.72. The molecule has 0 aromatic heterocycles. The van der Waals surface area contributed by atoms with E-state index in [-0.39, 0.29) is 23.7 Å². The van der Waals surface area contributed by atoms with Crippen molar-refractivity contribution in [3.63, 3.8) is 0 Å². The Balaban J connectivity index is 1.53. The van der Waals surface area contributed by atoms with E-state index >= 15 is 0 Å². The lowest BCUT2D eigenvalue weighted by Gasteiger charge is -2.45. The van der Waals surface area contributed by atoms with Crippen LogP contribution in [0.5, 0.6) is 0 Å². The van der Waals surface area contributed by atoms with Crippen LogP contribution < -0.4 is 0 Å². The summed E-state index contributed by atoms with van der Waals surface area (Å²) in [7, 11) is 0. The van der Waals surface area contributed by atoms with Crippen LogP contribution in [0, 0.1) is 12.3 Å². The van der Waals surface area contributed by atoms with E-state index in [1.807, 2.05) is 4.90 Å². The molecule has 0 atom stereocenters. The molecule has 1 amide bonds. The summed E-state index contributed by atoms with van der Waals surface area (Å²) in [5, 5.41) is 8.14. The quantitative estimate of drug-likeness (QED) is 0.703. The van der Waals surface area contributed by atoms with Crippen molar-refractivity contribution in [3.8, 4) is 12.3 Å². The summed E-state index contributed by atoms with van der Waals surface area (Å²) in [5.74, 6) is 2.76. The second-order valence-electron chi connectivity index (χ2n) is 5.57. The highest BCUT2D eigenvalue weighted by Gasteiger charge is 2.42. The van der Waals surface area contributed by atoms with Gasteiger partial charge in [-0.2, -0.15) is 10.2 Å². The highest BCUT2D eigenvalue weighted by molar-refractivity contribution is 5.77. The van der Waals surface area contributed by atoms with Crippen LogP contribution in [-0.4, -0.2) is 55.0 Å². The van der Waals surface area contributed by atoms with E-state index in [9.17, 15) is 4.79 Å². The molecule has 108 valence electrons. The molecule has 2 saturated heterocycles. The Bertz CT molecular complexity index is 429. The number of terminal acetylenes is 1.